The van der Waals surface area contributed by atoms with Crippen LogP contribution in [0.2, 0.25) is 0 Å². The Bertz CT molecular complexity index is 216. The smallest absolute Gasteiger partial charge is 0.353 e. The van der Waals surface area contributed by atoms with Crippen LogP contribution in [0.1, 0.15) is 0 Å². The largest absolute Gasteiger partial charge is 0.400 e. The van der Waals surface area contributed by atoms with Gasteiger partial charge in [-0.3, -0.25) is 4.18 Å². The van der Waals surface area contributed by atoms with Crippen molar-refractivity contribution in [2.45, 2.75) is 6.10 Å². The molecule has 0 saturated carbocycles. The van der Waals surface area contributed by atoms with Gasteiger partial charge in [0.25, 0.3) is 0 Å². The Morgan fingerprint density at radius 2 is 1.92 bits per heavy atom. The van der Waals surface area contributed by atoms with Gasteiger partial charge in [0.2, 0.25) is 0 Å². The second kappa shape index (κ2) is 4.15. The van der Waals surface area contributed by atoms with E-state index >= 15 is 0 Å². The van der Waals surface area contributed by atoms with E-state index in [2.05, 4.69) is 8.37 Å². The molecule has 0 aromatic carbocycles. The summed E-state index contributed by atoms with van der Waals surface area (Å²) in [5, 5.41) is 0. The Morgan fingerprint density at radius 3 is 2.42 bits per heavy atom. The van der Waals surface area contributed by atoms with Crippen LogP contribution in [-0.2, 0) is 28.2 Å². The molecule has 0 N–H and O–H groups in total. The van der Waals surface area contributed by atoms with Crippen LogP contribution >= 0.6 is 0 Å². The zero-order valence-corrected chi connectivity index (χ0v) is 7.37. The Balaban J connectivity index is 2.39. The zero-order valence-electron chi connectivity index (χ0n) is 6.56. The highest BCUT2D eigenvalue weighted by atomic mass is 32.3. The van der Waals surface area contributed by atoms with E-state index in [0.29, 0.717) is 0 Å². The van der Waals surface area contributed by atoms with Crippen molar-refractivity contribution in [2.75, 3.05) is 27.1 Å². The molecular weight excluding hydrogens is 188 g/mol. The topological polar surface area (TPSA) is 71.1 Å². The van der Waals surface area contributed by atoms with Crippen LogP contribution in [0.15, 0.2) is 0 Å². The summed E-state index contributed by atoms with van der Waals surface area (Å²) in [4.78, 5) is 0. The van der Waals surface area contributed by atoms with Gasteiger partial charge in [0, 0.05) is 0 Å². The minimum atomic E-state index is -3.88. The van der Waals surface area contributed by atoms with Crippen LogP contribution in [-0.4, -0.2) is 41.6 Å². The summed E-state index contributed by atoms with van der Waals surface area (Å²) in [6.45, 7) is 0.568. The lowest BCUT2D eigenvalue weighted by Crippen LogP contribution is -2.33. The predicted octanol–water partition coefficient (Wildman–Crippen LogP) is -0.733. The van der Waals surface area contributed by atoms with Crippen LogP contribution in [0.5, 0.6) is 0 Å². The average Bonchev–Trinajstić information content (AvgIpc) is 2.06. The van der Waals surface area contributed by atoms with E-state index in [4.69, 9.17) is 9.47 Å². The molecule has 0 spiro atoms. The van der Waals surface area contributed by atoms with Gasteiger partial charge in [-0.15, -0.1) is 0 Å². The minimum absolute atomic E-state index is 0.174. The van der Waals surface area contributed by atoms with E-state index in [1.165, 1.54) is 0 Å². The molecule has 0 aromatic heterocycles. The third kappa shape index (κ3) is 3.03. The van der Waals surface area contributed by atoms with Crippen molar-refractivity contribution in [1.82, 2.24) is 0 Å². The first-order valence-electron chi connectivity index (χ1n) is 3.28. The van der Waals surface area contributed by atoms with E-state index < -0.39 is 16.5 Å². The normalized spacial score (nSPS) is 21.1. The minimum Gasteiger partial charge on any atom is -0.353 e. The molecule has 12 heavy (non-hydrogen) atoms. The summed E-state index contributed by atoms with van der Waals surface area (Å²) in [6.07, 6.45) is -0.608. The third-order valence-corrected chi connectivity index (χ3v) is 2.15. The molecule has 0 aliphatic carbocycles. The second-order valence-electron chi connectivity index (χ2n) is 2.15. The molecule has 1 aliphatic heterocycles. The standard InChI is InChI=1S/C5H10O6S/c1-8-12(6,7)11-5-2-9-4-10-3-5/h5H,2-4H2,1H3. The molecule has 0 amide bonds. The van der Waals surface area contributed by atoms with Crippen LogP contribution in [0.3, 0.4) is 0 Å². The monoisotopic (exact) mass is 198 g/mol. The fraction of sp³-hybridized carbons (Fsp3) is 1.00. The molecule has 0 atom stereocenters. The van der Waals surface area contributed by atoms with Gasteiger partial charge >= 0.3 is 10.4 Å². The lowest BCUT2D eigenvalue weighted by molar-refractivity contribution is -0.144. The van der Waals surface area contributed by atoms with E-state index in [1.54, 1.807) is 0 Å². The van der Waals surface area contributed by atoms with Crippen LogP contribution in [0.4, 0.5) is 0 Å². The molecule has 0 radical (unpaired) electrons. The van der Waals surface area contributed by atoms with E-state index in [1.807, 2.05) is 0 Å². The number of rotatable bonds is 3. The summed E-state index contributed by atoms with van der Waals surface area (Å²) in [5.41, 5.74) is 0. The van der Waals surface area contributed by atoms with E-state index in [-0.39, 0.29) is 20.0 Å². The van der Waals surface area contributed by atoms with Gasteiger partial charge in [0.1, 0.15) is 12.9 Å². The Kier molecular flexibility index (Phi) is 3.41. The van der Waals surface area contributed by atoms with Gasteiger partial charge in [-0.05, 0) is 0 Å². The van der Waals surface area contributed by atoms with Crippen molar-refractivity contribution in [2.24, 2.45) is 0 Å². The first kappa shape index (κ1) is 9.87. The molecule has 0 bridgehead atoms. The molecule has 1 heterocycles. The molecule has 72 valence electrons. The molecule has 0 aromatic rings. The summed E-state index contributed by atoms with van der Waals surface area (Å²) in [6, 6.07) is 0. The summed E-state index contributed by atoms with van der Waals surface area (Å²) in [5.74, 6) is 0. The van der Waals surface area contributed by atoms with Gasteiger partial charge in [0.05, 0.1) is 20.3 Å². The number of hydrogen-bond acceptors (Lipinski definition) is 6. The molecule has 1 rings (SSSR count). The Morgan fingerprint density at radius 1 is 1.33 bits per heavy atom. The van der Waals surface area contributed by atoms with E-state index in [0.717, 1.165) is 7.11 Å². The van der Waals surface area contributed by atoms with Gasteiger partial charge in [-0.25, -0.2) is 4.18 Å². The fourth-order valence-corrected chi connectivity index (χ4v) is 1.25. The third-order valence-electron chi connectivity index (χ3n) is 1.23. The van der Waals surface area contributed by atoms with Crippen molar-refractivity contribution in [1.29, 1.82) is 0 Å². The van der Waals surface area contributed by atoms with Gasteiger partial charge < -0.3 is 9.47 Å². The van der Waals surface area contributed by atoms with Crippen LogP contribution in [0.25, 0.3) is 0 Å². The predicted molar refractivity (Wildman–Crippen MR) is 37.6 cm³/mol. The fourth-order valence-electron chi connectivity index (χ4n) is 0.728. The number of hydrogen-bond donors (Lipinski definition) is 0. The van der Waals surface area contributed by atoms with E-state index in [9.17, 15) is 8.42 Å². The molecule has 1 fully saturated rings. The molecule has 1 saturated heterocycles. The van der Waals surface area contributed by atoms with Crippen molar-refractivity contribution in [3.05, 3.63) is 0 Å². The SMILES string of the molecule is COS(=O)(=O)OC1COCOC1. The molecule has 7 heteroatoms. The average molecular weight is 198 g/mol. The molecular formula is C5H10O6S. The van der Waals surface area contributed by atoms with Crippen LogP contribution in [0, 0.1) is 0 Å². The first-order chi connectivity index (χ1) is 5.64. The highest BCUT2D eigenvalue weighted by Gasteiger charge is 2.22. The van der Waals surface area contributed by atoms with Crippen LogP contribution < -0.4 is 0 Å². The maximum Gasteiger partial charge on any atom is 0.400 e. The van der Waals surface area contributed by atoms with Crippen molar-refractivity contribution in [3.63, 3.8) is 0 Å². The van der Waals surface area contributed by atoms with Gasteiger partial charge in [0.15, 0.2) is 0 Å². The summed E-state index contributed by atoms with van der Waals surface area (Å²) >= 11 is 0. The van der Waals surface area contributed by atoms with Gasteiger partial charge in [-0.2, -0.15) is 8.42 Å². The molecule has 1 aliphatic rings. The summed E-state index contributed by atoms with van der Waals surface area (Å²) in [7, 11) is -2.85. The molecule has 0 unspecified atom stereocenters. The maximum absolute atomic E-state index is 10.7. The highest BCUT2D eigenvalue weighted by Crippen LogP contribution is 2.06. The quantitative estimate of drug-likeness (QED) is 0.595. The zero-order chi connectivity index (χ0) is 9.03. The lowest BCUT2D eigenvalue weighted by Gasteiger charge is -2.21. The maximum atomic E-state index is 10.7. The van der Waals surface area contributed by atoms with Gasteiger partial charge in [-0.1, -0.05) is 0 Å². The summed E-state index contributed by atoms with van der Waals surface area (Å²) < 4.78 is 39.6. The lowest BCUT2D eigenvalue weighted by atomic mass is 10.4. The van der Waals surface area contributed by atoms with Crippen molar-refractivity contribution >= 4 is 10.4 Å². The first-order valence-corrected chi connectivity index (χ1v) is 4.62. The molecule has 6 nitrogen and oxygen atoms in total. The second-order valence-corrected chi connectivity index (χ2v) is 3.49. The Hall–Kier alpha value is -0.210. The Labute approximate surface area is 70.7 Å². The van der Waals surface area contributed by atoms with Crippen molar-refractivity contribution in [3.8, 4) is 0 Å². The number of ether oxygens (including phenoxy) is 2. The highest BCUT2D eigenvalue weighted by molar-refractivity contribution is 7.81. The van der Waals surface area contributed by atoms with Crippen molar-refractivity contribution < 1.29 is 26.3 Å².